The smallest absolute Gasteiger partial charge is 0.219 e. The second-order valence-corrected chi connectivity index (χ2v) is 8.00. The van der Waals surface area contributed by atoms with Gasteiger partial charge in [-0.15, -0.1) is 0 Å². The summed E-state index contributed by atoms with van der Waals surface area (Å²) in [7, 11) is 0. The number of aromatic nitrogens is 1. The second-order valence-electron chi connectivity index (χ2n) is 8.00. The van der Waals surface area contributed by atoms with Gasteiger partial charge in [-0.25, -0.2) is 4.39 Å². The van der Waals surface area contributed by atoms with Gasteiger partial charge in [-0.2, -0.15) is 0 Å². The lowest BCUT2D eigenvalue weighted by atomic mass is 9.91. The summed E-state index contributed by atoms with van der Waals surface area (Å²) < 4.78 is 14.2. The maximum Gasteiger partial charge on any atom is 0.219 e. The van der Waals surface area contributed by atoms with Crippen molar-refractivity contribution in [2.75, 3.05) is 26.2 Å². The van der Waals surface area contributed by atoms with Crippen LogP contribution >= 0.6 is 0 Å². The highest BCUT2D eigenvalue weighted by molar-refractivity contribution is 5.73. The highest BCUT2D eigenvalue weighted by atomic mass is 19.1. The molecule has 0 bridgehead atoms. The molecule has 28 heavy (non-hydrogen) atoms. The average Bonchev–Trinajstić information content (AvgIpc) is 2.74. The van der Waals surface area contributed by atoms with Gasteiger partial charge in [0.25, 0.3) is 0 Å². The number of carbonyl (C=O) groups excluding carboxylic acids is 1. The Morgan fingerprint density at radius 3 is 2.57 bits per heavy atom. The third kappa shape index (κ3) is 4.09. The summed E-state index contributed by atoms with van der Waals surface area (Å²) in [5, 5.41) is 0. The predicted octanol–water partition coefficient (Wildman–Crippen LogP) is 4.08. The molecule has 4 nitrogen and oxygen atoms in total. The molecule has 1 aromatic carbocycles. The molecule has 2 fully saturated rings. The molecule has 0 N–H and O–H groups in total. The number of benzene rings is 1. The van der Waals surface area contributed by atoms with Crippen LogP contribution in [0.5, 0.6) is 0 Å². The molecule has 2 aliphatic rings. The summed E-state index contributed by atoms with van der Waals surface area (Å²) in [5.74, 6) is 0.338. The van der Waals surface area contributed by atoms with E-state index in [1.807, 2.05) is 23.1 Å². The molecule has 148 valence electrons. The van der Waals surface area contributed by atoms with E-state index in [4.69, 9.17) is 4.98 Å². The Hall–Kier alpha value is -2.27. The van der Waals surface area contributed by atoms with Crippen LogP contribution in [0.2, 0.25) is 0 Å². The number of hydrogen-bond donors (Lipinski definition) is 0. The van der Waals surface area contributed by atoms with E-state index in [1.54, 1.807) is 19.1 Å². The first-order valence-electron chi connectivity index (χ1n) is 10.3. The number of nitrogens with zero attached hydrogens (tertiary/aromatic N) is 3. The van der Waals surface area contributed by atoms with E-state index >= 15 is 0 Å². The highest BCUT2D eigenvalue weighted by Crippen LogP contribution is 2.31. The lowest BCUT2D eigenvalue weighted by molar-refractivity contribution is -0.130. The van der Waals surface area contributed by atoms with E-state index < -0.39 is 0 Å². The van der Waals surface area contributed by atoms with Gasteiger partial charge in [-0.3, -0.25) is 14.7 Å². The van der Waals surface area contributed by atoms with E-state index in [1.165, 1.54) is 6.07 Å². The molecule has 2 aliphatic heterocycles. The van der Waals surface area contributed by atoms with Crippen molar-refractivity contribution in [3.8, 4) is 11.3 Å². The van der Waals surface area contributed by atoms with E-state index in [9.17, 15) is 9.18 Å². The fraction of sp³-hybridized carbons (Fsp3) is 0.478. The van der Waals surface area contributed by atoms with Gasteiger partial charge in [0.15, 0.2) is 0 Å². The molecule has 1 aromatic heterocycles. The van der Waals surface area contributed by atoms with Crippen molar-refractivity contribution in [3.63, 3.8) is 0 Å². The Bertz CT molecular complexity index is 832. The fourth-order valence-electron chi connectivity index (χ4n) is 4.62. The average molecular weight is 381 g/mol. The molecule has 1 amide bonds. The third-order valence-electron chi connectivity index (χ3n) is 6.22. The summed E-state index contributed by atoms with van der Waals surface area (Å²) >= 11 is 0. The van der Waals surface area contributed by atoms with Crippen LogP contribution in [0.4, 0.5) is 4.39 Å². The number of halogens is 1. The number of pyridine rings is 1. The zero-order valence-electron chi connectivity index (χ0n) is 16.5. The maximum atomic E-state index is 14.2. The van der Waals surface area contributed by atoms with Crippen molar-refractivity contribution in [2.24, 2.45) is 0 Å². The van der Waals surface area contributed by atoms with E-state index in [2.05, 4.69) is 11.0 Å². The largest absolute Gasteiger partial charge is 0.343 e. The van der Waals surface area contributed by atoms with Crippen molar-refractivity contribution >= 4 is 5.91 Å². The van der Waals surface area contributed by atoms with Crippen LogP contribution in [0.15, 0.2) is 42.5 Å². The molecule has 5 heteroatoms. The van der Waals surface area contributed by atoms with Crippen molar-refractivity contribution in [1.82, 2.24) is 14.8 Å². The molecule has 4 rings (SSSR count). The highest BCUT2D eigenvalue weighted by Gasteiger charge is 2.30. The summed E-state index contributed by atoms with van der Waals surface area (Å²) in [6, 6.07) is 13.3. The normalized spacial score (nSPS) is 21.6. The minimum absolute atomic E-state index is 0.184. The molecular weight excluding hydrogens is 353 g/mol. The maximum absolute atomic E-state index is 14.2. The van der Waals surface area contributed by atoms with Crippen molar-refractivity contribution in [2.45, 2.75) is 44.6 Å². The minimum Gasteiger partial charge on any atom is -0.343 e. The summed E-state index contributed by atoms with van der Waals surface area (Å²) in [4.78, 5) is 20.9. The van der Waals surface area contributed by atoms with Crippen LogP contribution < -0.4 is 0 Å². The van der Waals surface area contributed by atoms with Gasteiger partial charge in [-0.05, 0) is 56.5 Å². The summed E-state index contributed by atoms with van der Waals surface area (Å²) in [6.07, 6.45) is 4.38. The van der Waals surface area contributed by atoms with Crippen LogP contribution in [0, 0.1) is 5.82 Å². The second kappa shape index (κ2) is 8.39. The lowest BCUT2D eigenvalue weighted by Gasteiger charge is -2.42. The Morgan fingerprint density at radius 2 is 1.82 bits per heavy atom. The van der Waals surface area contributed by atoms with E-state index in [0.29, 0.717) is 23.2 Å². The minimum atomic E-state index is -0.227. The lowest BCUT2D eigenvalue weighted by Crippen LogP contribution is -2.49. The first-order valence-corrected chi connectivity index (χ1v) is 10.3. The molecule has 0 spiro atoms. The van der Waals surface area contributed by atoms with Gasteiger partial charge < -0.3 is 4.90 Å². The topological polar surface area (TPSA) is 36.4 Å². The number of rotatable bonds is 3. The predicted molar refractivity (Wildman–Crippen MR) is 108 cm³/mol. The SMILES string of the molecule is CC(=O)N1CCC(N2CCC[C@@H](c3cccc(-c4ccccc4F)n3)C2)CC1. The van der Waals surface area contributed by atoms with Crippen LogP contribution in [-0.2, 0) is 4.79 Å². The number of carbonyl (C=O) groups is 1. The van der Waals surface area contributed by atoms with Gasteiger partial charge in [0.05, 0.1) is 5.69 Å². The van der Waals surface area contributed by atoms with Crippen LogP contribution in [0.25, 0.3) is 11.3 Å². The first-order chi connectivity index (χ1) is 13.6. The number of piperidine rings is 2. The van der Waals surface area contributed by atoms with E-state index in [-0.39, 0.29) is 11.7 Å². The van der Waals surface area contributed by atoms with Crippen LogP contribution in [0.1, 0.15) is 44.2 Å². The Morgan fingerprint density at radius 1 is 1.04 bits per heavy atom. The first kappa shape index (κ1) is 19.1. The van der Waals surface area contributed by atoms with Gasteiger partial charge in [0.1, 0.15) is 5.82 Å². The summed E-state index contributed by atoms with van der Waals surface area (Å²) in [5.41, 5.74) is 2.34. The van der Waals surface area contributed by atoms with Crippen LogP contribution in [0.3, 0.4) is 0 Å². The summed E-state index contributed by atoms with van der Waals surface area (Å²) in [6.45, 7) is 5.50. The van der Waals surface area contributed by atoms with Gasteiger partial charge in [0.2, 0.25) is 5.91 Å². The molecule has 2 saturated heterocycles. The third-order valence-corrected chi connectivity index (χ3v) is 6.22. The van der Waals surface area contributed by atoms with Crippen molar-refractivity contribution in [1.29, 1.82) is 0 Å². The Balaban J connectivity index is 1.46. The fourth-order valence-corrected chi connectivity index (χ4v) is 4.62. The number of hydrogen-bond acceptors (Lipinski definition) is 3. The van der Waals surface area contributed by atoms with Gasteiger partial charge >= 0.3 is 0 Å². The molecule has 0 unspecified atom stereocenters. The number of amides is 1. The monoisotopic (exact) mass is 381 g/mol. The van der Waals surface area contributed by atoms with Crippen LogP contribution in [-0.4, -0.2) is 52.9 Å². The van der Waals surface area contributed by atoms with E-state index in [0.717, 1.165) is 57.6 Å². The molecule has 1 atom stereocenters. The van der Waals surface area contributed by atoms with Crippen molar-refractivity contribution in [3.05, 3.63) is 54.0 Å². The molecule has 0 aliphatic carbocycles. The molecule has 3 heterocycles. The van der Waals surface area contributed by atoms with Crippen molar-refractivity contribution < 1.29 is 9.18 Å². The quantitative estimate of drug-likeness (QED) is 0.804. The molecule has 2 aromatic rings. The Labute approximate surface area is 166 Å². The zero-order valence-corrected chi connectivity index (χ0v) is 16.5. The van der Waals surface area contributed by atoms with Gasteiger partial charge in [0, 0.05) is 49.8 Å². The molecular formula is C23H28FN3O. The number of likely N-dealkylation sites (tertiary alicyclic amines) is 2. The molecule has 0 saturated carbocycles. The Kier molecular flexibility index (Phi) is 5.72. The molecule has 0 radical (unpaired) electrons. The van der Waals surface area contributed by atoms with Gasteiger partial charge in [-0.1, -0.05) is 18.2 Å². The zero-order chi connectivity index (χ0) is 19.5. The standard InChI is InChI=1S/C23H28FN3O/c1-17(28)26-14-11-19(12-15-26)27-13-5-6-18(16-27)22-9-4-10-23(25-22)20-7-2-3-8-21(20)24/h2-4,7-10,18-19H,5-6,11-16H2,1H3/t18-/m1/s1.